The highest BCUT2D eigenvalue weighted by Gasteiger charge is 2.14. The zero-order valence-electron chi connectivity index (χ0n) is 13.1. The third kappa shape index (κ3) is 4.61. The molecule has 0 spiro atoms. The molecule has 24 heavy (non-hydrogen) atoms. The number of aryl methyl sites for hydroxylation is 1. The first-order valence-electron chi connectivity index (χ1n) is 6.96. The van der Waals surface area contributed by atoms with Gasteiger partial charge in [0.1, 0.15) is 6.29 Å². The minimum atomic E-state index is -0.322. The van der Waals surface area contributed by atoms with Gasteiger partial charge in [0, 0.05) is 16.3 Å². The summed E-state index contributed by atoms with van der Waals surface area (Å²) in [6, 6.07) is 8.47. The predicted octanol–water partition coefficient (Wildman–Crippen LogP) is 4.09. The van der Waals surface area contributed by atoms with Crippen LogP contribution in [-0.4, -0.2) is 25.9 Å². The Morgan fingerprint density at radius 1 is 1.33 bits per heavy atom. The van der Waals surface area contributed by atoms with Crippen LogP contribution in [0.15, 0.2) is 30.3 Å². The number of benzene rings is 2. The molecule has 2 aromatic carbocycles. The largest absolute Gasteiger partial charge is 0.493 e. The molecule has 2 aromatic rings. The van der Waals surface area contributed by atoms with Gasteiger partial charge in [-0.15, -0.1) is 0 Å². The maximum atomic E-state index is 12.1. The van der Waals surface area contributed by atoms with Crippen LogP contribution in [0.5, 0.6) is 11.5 Å². The summed E-state index contributed by atoms with van der Waals surface area (Å²) < 4.78 is 11.5. The molecule has 0 aliphatic heterocycles. The van der Waals surface area contributed by atoms with Gasteiger partial charge in [-0.3, -0.25) is 9.59 Å². The van der Waals surface area contributed by atoms with Gasteiger partial charge in [0.25, 0.3) is 5.91 Å². The molecule has 0 aliphatic rings. The molecule has 0 atom stereocenters. The molecule has 0 saturated carbocycles. The highest BCUT2D eigenvalue weighted by atomic mass is 127. The summed E-state index contributed by atoms with van der Waals surface area (Å²) in [6.45, 7) is 1.68. The fourth-order valence-corrected chi connectivity index (χ4v) is 2.95. The van der Waals surface area contributed by atoms with E-state index in [1.54, 1.807) is 24.3 Å². The summed E-state index contributed by atoms with van der Waals surface area (Å²) >= 11 is 7.96. The topological polar surface area (TPSA) is 64.6 Å². The Morgan fingerprint density at radius 3 is 2.75 bits per heavy atom. The summed E-state index contributed by atoms with van der Waals surface area (Å²) in [4.78, 5) is 23.0. The normalized spacial score (nSPS) is 10.2. The van der Waals surface area contributed by atoms with Crippen LogP contribution in [0.3, 0.4) is 0 Å². The second-order valence-electron chi connectivity index (χ2n) is 4.95. The van der Waals surface area contributed by atoms with E-state index in [1.165, 1.54) is 7.11 Å². The van der Waals surface area contributed by atoms with E-state index in [2.05, 4.69) is 5.32 Å². The fraction of sp³-hybridized carbons (Fsp3) is 0.176. The van der Waals surface area contributed by atoms with Gasteiger partial charge in [0.15, 0.2) is 18.1 Å². The van der Waals surface area contributed by atoms with Crippen molar-refractivity contribution in [1.82, 2.24) is 0 Å². The maximum absolute atomic E-state index is 12.1. The second kappa shape index (κ2) is 8.34. The van der Waals surface area contributed by atoms with E-state index in [4.69, 9.17) is 21.1 Å². The van der Waals surface area contributed by atoms with Gasteiger partial charge in [0.2, 0.25) is 0 Å². The van der Waals surface area contributed by atoms with Gasteiger partial charge in [-0.2, -0.15) is 0 Å². The number of halogens is 2. The van der Waals surface area contributed by atoms with Crippen LogP contribution in [0.25, 0.3) is 0 Å². The van der Waals surface area contributed by atoms with Crippen molar-refractivity contribution in [1.29, 1.82) is 0 Å². The van der Waals surface area contributed by atoms with E-state index in [1.807, 2.05) is 35.6 Å². The van der Waals surface area contributed by atoms with Gasteiger partial charge in [0.05, 0.1) is 10.7 Å². The molecule has 0 radical (unpaired) electrons. The molecule has 0 saturated heterocycles. The van der Waals surface area contributed by atoms with Crippen molar-refractivity contribution in [2.45, 2.75) is 6.92 Å². The lowest BCUT2D eigenvalue weighted by atomic mass is 10.2. The molecule has 0 unspecified atom stereocenters. The summed E-state index contributed by atoms with van der Waals surface area (Å²) in [7, 11) is 1.47. The minimum absolute atomic E-state index is 0.196. The maximum Gasteiger partial charge on any atom is 0.262 e. The second-order valence-corrected chi connectivity index (χ2v) is 6.55. The quantitative estimate of drug-likeness (QED) is 0.522. The first-order valence-corrected chi connectivity index (χ1v) is 8.41. The van der Waals surface area contributed by atoms with Crippen LogP contribution in [-0.2, 0) is 4.79 Å². The zero-order chi connectivity index (χ0) is 17.7. The monoisotopic (exact) mass is 459 g/mol. The Morgan fingerprint density at radius 2 is 2.08 bits per heavy atom. The highest BCUT2D eigenvalue weighted by molar-refractivity contribution is 14.1. The van der Waals surface area contributed by atoms with Crippen molar-refractivity contribution >= 4 is 52.1 Å². The summed E-state index contributed by atoms with van der Waals surface area (Å²) in [5, 5.41) is 3.29. The Bertz CT molecular complexity index is 779. The van der Waals surface area contributed by atoms with Crippen molar-refractivity contribution in [3.8, 4) is 11.5 Å². The number of amides is 1. The van der Waals surface area contributed by atoms with Crippen LogP contribution in [0.2, 0.25) is 5.02 Å². The number of hydrogen-bond acceptors (Lipinski definition) is 4. The van der Waals surface area contributed by atoms with E-state index in [0.29, 0.717) is 31.3 Å². The van der Waals surface area contributed by atoms with Crippen LogP contribution >= 0.6 is 34.2 Å². The molecule has 1 N–H and O–H groups in total. The average Bonchev–Trinajstić information content (AvgIpc) is 2.56. The summed E-state index contributed by atoms with van der Waals surface area (Å²) in [5.41, 5.74) is 2.01. The average molecular weight is 460 g/mol. The molecule has 7 heteroatoms. The molecule has 0 heterocycles. The standard InChI is InChI=1S/C17H15ClINO4/c1-10-3-4-12(18)7-14(10)20-16(22)9-24-17-13(19)5-11(8-21)6-15(17)23-2/h3-8H,9H2,1-2H3,(H,20,22). The fourth-order valence-electron chi connectivity index (χ4n) is 2.00. The molecular formula is C17H15ClINO4. The first-order chi connectivity index (χ1) is 11.4. The number of aldehydes is 1. The number of hydrogen-bond donors (Lipinski definition) is 1. The molecule has 5 nitrogen and oxygen atoms in total. The van der Waals surface area contributed by atoms with E-state index in [0.717, 1.165) is 11.8 Å². The molecular weight excluding hydrogens is 445 g/mol. The molecule has 2 rings (SSSR count). The Balaban J connectivity index is 2.09. The summed E-state index contributed by atoms with van der Waals surface area (Å²) in [6.07, 6.45) is 0.725. The van der Waals surface area contributed by atoms with Crippen LogP contribution in [0.1, 0.15) is 15.9 Å². The van der Waals surface area contributed by atoms with Crippen LogP contribution in [0.4, 0.5) is 5.69 Å². The van der Waals surface area contributed by atoms with Crippen LogP contribution < -0.4 is 14.8 Å². The summed E-state index contributed by atoms with van der Waals surface area (Å²) in [5.74, 6) is 0.495. The molecule has 1 amide bonds. The van der Waals surface area contributed by atoms with Gasteiger partial charge in [-0.1, -0.05) is 17.7 Å². The van der Waals surface area contributed by atoms with Crippen molar-refractivity contribution in [2.75, 3.05) is 19.0 Å². The third-order valence-electron chi connectivity index (χ3n) is 3.21. The van der Waals surface area contributed by atoms with Crippen molar-refractivity contribution in [3.05, 3.63) is 50.1 Å². The van der Waals surface area contributed by atoms with Gasteiger partial charge >= 0.3 is 0 Å². The molecule has 0 bridgehead atoms. The highest BCUT2D eigenvalue weighted by Crippen LogP contribution is 2.33. The lowest BCUT2D eigenvalue weighted by Crippen LogP contribution is -2.21. The van der Waals surface area contributed by atoms with Gasteiger partial charge in [-0.25, -0.2) is 0 Å². The molecule has 0 aromatic heterocycles. The smallest absolute Gasteiger partial charge is 0.262 e. The van der Waals surface area contributed by atoms with E-state index >= 15 is 0 Å². The van der Waals surface area contributed by atoms with Gasteiger partial charge in [-0.05, 0) is 59.3 Å². The number of rotatable bonds is 6. The Hall–Kier alpha value is -1.80. The van der Waals surface area contributed by atoms with E-state index in [9.17, 15) is 9.59 Å². The molecule has 126 valence electrons. The lowest BCUT2D eigenvalue weighted by Gasteiger charge is -2.14. The van der Waals surface area contributed by atoms with Gasteiger partial charge < -0.3 is 14.8 Å². The number of ether oxygens (including phenoxy) is 2. The molecule has 0 aliphatic carbocycles. The Kier molecular flexibility index (Phi) is 6.44. The third-order valence-corrected chi connectivity index (χ3v) is 4.25. The van der Waals surface area contributed by atoms with Crippen LogP contribution in [0, 0.1) is 10.5 Å². The number of methoxy groups -OCH3 is 1. The van der Waals surface area contributed by atoms with Crippen molar-refractivity contribution < 1.29 is 19.1 Å². The Labute approximate surface area is 158 Å². The first kappa shape index (κ1) is 18.5. The lowest BCUT2D eigenvalue weighted by molar-refractivity contribution is -0.118. The van der Waals surface area contributed by atoms with E-state index < -0.39 is 0 Å². The SMILES string of the molecule is COc1cc(C=O)cc(I)c1OCC(=O)Nc1cc(Cl)ccc1C. The number of nitrogens with one attached hydrogen (secondary N) is 1. The van der Waals surface area contributed by atoms with E-state index in [-0.39, 0.29) is 12.5 Å². The molecule has 0 fully saturated rings. The minimum Gasteiger partial charge on any atom is -0.493 e. The number of anilines is 1. The van der Waals surface area contributed by atoms with Crippen molar-refractivity contribution in [3.63, 3.8) is 0 Å². The predicted molar refractivity (Wildman–Crippen MR) is 101 cm³/mol. The zero-order valence-corrected chi connectivity index (χ0v) is 16.0. The van der Waals surface area contributed by atoms with Crippen molar-refractivity contribution in [2.24, 2.45) is 0 Å². The number of carbonyl (C=O) groups is 2. The number of carbonyl (C=O) groups excluding carboxylic acids is 2.